The summed E-state index contributed by atoms with van der Waals surface area (Å²) in [5, 5.41) is 12.4. The minimum atomic E-state index is -6.13. The lowest BCUT2D eigenvalue weighted by atomic mass is 9.88. The number of hydrogen-bond donors (Lipinski definition) is 2. The standard InChI is InChI=1S/C26H22F7N3O4S/c27-18-6-9-21(10-7-18)41(39,40)36-20(15-35-23(37)14-19-3-1-2-12-34-19)8-4-16-13-17(5-11-22(16)36)24(38,25(28,29)30)26(31,32)33/h1-3,5-7,9-13,20,38H,4,8,14-15H2,(H,35,37)/t20-/m0/s1. The molecule has 1 aliphatic rings. The number of aryl methyl sites for hydroxylation is 1. The summed E-state index contributed by atoms with van der Waals surface area (Å²) in [6.45, 7) is -0.262. The number of pyridine rings is 1. The molecular weight excluding hydrogens is 583 g/mol. The van der Waals surface area contributed by atoms with Gasteiger partial charge in [-0.1, -0.05) is 18.2 Å². The van der Waals surface area contributed by atoms with Gasteiger partial charge in [-0.25, -0.2) is 12.8 Å². The van der Waals surface area contributed by atoms with Gasteiger partial charge in [0.25, 0.3) is 15.6 Å². The van der Waals surface area contributed by atoms with Crippen molar-refractivity contribution in [2.75, 3.05) is 10.8 Å². The molecule has 15 heteroatoms. The molecule has 0 spiro atoms. The van der Waals surface area contributed by atoms with Crippen molar-refractivity contribution in [2.24, 2.45) is 0 Å². The van der Waals surface area contributed by atoms with Crippen LogP contribution in [0, 0.1) is 5.82 Å². The normalized spacial score (nSPS) is 16.3. The van der Waals surface area contributed by atoms with Crippen molar-refractivity contribution >= 4 is 21.6 Å². The van der Waals surface area contributed by atoms with Crippen LogP contribution >= 0.6 is 0 Å². The van der Waals surface area contributed by atoms with Crippen molar-refractivity contribution in [2.45, 2.75) is 48.2 Å². The number of sulfonamides is 1. The number of aromatic nitrogens is 1. The first-order valence-electron chi connectivity index (χ1n) is 12.0. The molecule has 2 aromatic carbocycles. The molecule has 2 N–H and O–H groups in total. The number of nitrogens with one attached hydrogen (secondary N) is 1. The van der Waals surface area contributed by atoms with Gasteiger partial charge < -0.3 is 10.4 Å². The maximum Gasteiger partial charge on any atom is 0.430 e. The third-order valence-electron chi connectivity index (χ3n) is 6.61. The Kier molecular flexibility index (Phi) is 8.06. The maximum absolute atomic E-state index is 13.7. The van der Waals surface area contributed by atoms with Crippen molar-refractivity contribution in [3.8, 4) is 0 Å². The molecule has 2 heterocycles. The number of fused-ring (bicyclic) bond motifs is 1. The Hall–Kier alpha value is -3.72. The van der Waals surface area contributed by atoms with E-state index >= 15 is 0 Å². The average Bonchev–Trinajstić information content (AvgIpc) is 2.90. The van der Waals surface area contributed by atoms with Crippen LogP contribution < -0.4 is 9.62 Å². The highest BCUT2D eigenvalue weighted by molar-refractivity contribution is 7.92. The minimum absolute atomic E-state index is 0.114. The number of aliphatic hydroxyl groups is 1. The van der Waals surface area contributed by atoms with Crippen LogP contribution in [0.2, 0.25) is 0 Å². The monoisotopic (exact) mass is 605 g/mol. The van der Waals surface area contributed by atoms with Crippen molar-refractivity contribution in [3.63, 3.8) is 0 Å². The summed E-state index contributed by atoms with van der Waals surface area (Å²) in [5.74, 6) is -1.26. The molecule has 1 atom stereocenters. The molecule has 1 aromatic heterocycles. The number of halogens is 7. The van der Waals surface area contributed by atoms with Gasteiger partial charge in [0.05, 0.1) is 23.0 Å². The van der Waals surface area contributed by atoms with Gasteiger partial charge in [0.1, 0.15) is 5.82 Å². The maximum atomic E-state index is 13.7. The number of amides is 1. The van der Waals surface area contributed by atoms with E-state index in [0.717, 1.165) is 34.6 Å². The molecule has 1 aliphatic heterocycles. The summed E-state index contributed by atoms with van der Waals surface area (Å²) in [6.07, 6.45) is -11.2. The van der Waals surface area contributed by atoms with E-state index in [1.54, 1.807) is 18.2 Å². The molecule has 0 bridgehead atoms. The lowest BCUT2D eigenvalue weighted by Gasteiger charge is -2.39. The second-order valence-electron chi connectivity index (χ2n) is 9.30. The number of anilines is 1. The Morgan fingerprint density at radius 3 is 2.24 bits per heavy atom. The van der Waals surface area contributed by atoms with Crippen LogP contribution in [0.4, 0.5) is 36.4 Å². The second kappa shape index (κ2) is 10.9. The van der Waals surface area contributed by atoms with E-state index in [1.165, 1.54) is 6.20 Å². The summed E-state index contributed by atoms with van der Waals surface area (Å²) < 4.78 is 123. The molecule has 0 unspecified atom stereocenters. The molecule has 3 aromatic rings. The highest BCUT2D eigenvalue weighted by Gasteiger charge is 2.71. The van der Waals surface area contributed by atoms with Crippen molar-refractivity contribution < 1.29 is 49.1 Å². The quantitative estimate of drug-likeness (QED) is 0.389. The number of nitrogens with zero attached hydrogens (tertiary/aromatic N) is 2. The zero-order valence-corrected chi connectivity index (χ0v) is 21.7. The Morgan fingerprint density at radius 1 is 1.00 bits per heavy atom. The molecule has 0 saturated carbocycles. The first-order valence-corrected chi connectivity index (χ1v) is 13.5. The zero-order chi connectivity index (χ0) is 30.2. The van der Waals surface area contributed by atoms with Crippen molar-refractivity contribution in [1.29, 1.82) is 0 Å². The molecule has 1 amide bonds. The van der Waals surface area contributed by atoms with Gasteiger partial charge in [-0.2, -0.15) is 26.3 Å². The van der Waals surface area contributed by atoms with Gasteiger partial charge in [0.2, 0.25) is 5.91 Å². The number of rotatable bonds is 7. The van der Waals surface area contributed by atoms with Gasteiger partial charge in [-0.05, 0) is 60.9 Å². The Labute approximate surface area is 229 Å². The number of carbonyl (C=O) groups is 1. The molecular formula is C26H22F7N3O4S. The smallest absolute Gasteiger partial charge is 0.369 e. The third kappa shape index (κ3) is 5.86. The Balaban J connectivity index is 1.73. The van der Waals surface area contributed by atoms with Crippen LogP contribution in [-0.4, -0.2) is 49.4 Å². The first-order chi connectivity index (χ1) is 19.1. The average molecular weight is 606 g/mol. The minimum Gasteiger partial charge on any atom is -0.369 e. The number of carbonyl (C=O) groups excluding carboxylic acids is 1. The zero-order valence-electron chi connectivity index (χ0n) is 20.9. The number of hydrogen-bond acceptors (Lipinski definition) is 5. The van der Waals surface area contributed by atoms with Gasteiger partial charge in [-0.15, -0.1) is 0 Å². The van der Waals surface area contributed by atoms with Gasteiger partial charge >= 0.3 is 12.4 Å². The van der Waals surface area contributed by atoms with E-state index in [4.69, 9.17) is 0 Å². The molecule has 4 rings (SSSR count). The molecule has 0 fully saturated rings. The van der Waals surface area contributed by atoms with Gasteiger partial charge in [-0.3, -0.25) is 14.1 Å². The van der Waals surface area contributed by atoms with Crippen LogP contribution in [0.25, 0.3) is 0 Å². The summed E-state index contributed by atoms with van der Waals surface area (Å²) in [5.41, 5.74) is -6.76. The van der Waals surface area contributed by atoms with E-state index in [0.29, 0.717) is 17.8 Å². The van der Waals surface area contributed by atoms with Gasteiger partial charge in [0.15, 0.2) is 0 Å². The number of benzene rings is 2. The summed E-state index contributed by atoms with van der Waals surface area (Å²) in [6, 6.07) is 9.13. The Morgan fingerprint density at radius 2 is 1.66 bits per heavy atom. The lowest BCUT2D eigenvalue weighted by molar-refractivity contribution is -0.376. The lowest BCUT2D eigenvalue weighted by Crippen LogP contribution is -2.54. The highest BCUT2D eigenvalue weighted by Crippen LogP contribution is 2.51. The fourth-order valence-electron chi connectivity index (χ4n) is 4.54. The van der Waals surface area contributed by atoms with Gasteiger partial charge in [0, 0.05) is 24.0 Å². The van der Waals surface area contributed by atoms with Crippen molar-refractivity contribution in [1.82, 2.24) is 10.3 Å². The molecule has 0 aliphatic carbocycles. The van der Waals surface area contributed by atoms with E-state index < -0.39 is 56.2 Å². The van der Waals surface area contributed by atoms with Crippen LogP contribution in [0.15, 0.2) is 71.8 Å². The third-order valence-corrected chi connectivity index (χ3v) is 8.49. The first kappa shape index (κ1) is 30.2. The fourth-order valence-corrected chi connectivity index (χ4v) is 6.26. The van der Waals surface area contributed by atoms with Crippen molar-refractivity contribution in [3.05, 3.63) is 89.5 Å². The largest absolute Gasteiger partial charge is 0.430 e. The predicted molar refractivity (Wildman–Crippen MR) is 132 cm³/mol. The molecule has 220 valence electrons. The van der Waals surface area contributed by atoms with E-state index in [1.807, 2.05) is 0 Å². The summed E-state index contributed by atoms with van der Waals surface area (Å²) in [4.78, 5) is 16.1. The van der Waals surface area contributed by atoms with Crippen LogP contribution in [0.3, 0.4) is 0 Å². The van der Waals surface area contributed by atoms with Crippen LogP contribution in [0.1, 0.15) is 23.2 Å². The van der Waals surface area contributed by atoms with E-state index in [2.05, 4.69) is 10.3 Å². The topological polar surface area (TPSA) is 99.6 Å². The molecule has 7 nitrogen and oxygen atoms in total. The fraction of sp³-hybridized carbons (Fsp3) is 0.308. The Bertz CT molecular complexity index is 1500. The van der Waals surface area contributed by atoms with E-state index in [-0.39, 0.29) is 37.1 Å². The van der Waals surface area contributed by atoms with E-state index in [9.17, 15) is 49.1 Å². The number of alkyl halides is 6. The van der Waals surface area contributed by atoms with Crippen LogP contribution in [-0.2, 0) is 33.3 Å². The molecule has 41 heavy (non-hydrogen) atoms. The predicted octanol–water partition coefficient (Wildman–Crippen LogP) is 4.40. The molecule has 0 radical (unpaired) electrons. The summed E-state index contributed by atoms with van der Waals surface area (Å²) >= 11 is 0. The second-order valence-corrected chi connectivity index (χ2v) is 11.1. The summed E-state index contributed by atoms with van der Waals surface area (Å²) in [7, 11) is -4.56. The molecule has 0 saturated heterocycles. The SMILES string of the molecule is O=C(Cc1ccccn1)NC[C@@H]1CCc2cc(C(O)(C(F)(F)F)C(F)(F)F)ccc2N1S(=O)(=O)c1ccc(F)cc1. The van der Waals surface area contributed by atoms with Crippen LogP contribution in [0.5, 0.6) is 0 Å². The highest BCUT2D eigenvalue weighted by atomic mass is 32.2.